The third-order valence-electron chi connectivity index (χ3n) is 3.79. The van der Waals surface area contributed by atoms with E-state index in [2.05, 4.69) is 27.3 Å². The molecule has 0 spiro atoms. The summed E-state index contributed by atoms with van der Waals surface area (Å²) in [7, 11) is 1.65. The van der Waals surface area contributed by atoms with Gasteiger partial charge in [0.25, 0.3) is 0 Å². The Balaban J connectivity index is 0.00000208. The van der Waals surface area contributed by atoms with Gasteiger partial charge < -0.3 is 14.8 Å². The van der Waals surface area contributed by atoms with E-state index >= 15 is 0 Å². The van der Waals surface area contributed by atoms with Gasteiger partial charge in [0.2, 0.25) is 0 Å². The predicted octanol–water partition coefficient (Wildman–Crippen LogP) is 5.36. The van der Waals surface area contributed by atoms with E-state index in [1.807, 2.05) is 30.3 Å². The summed E-state index contributed by atoms with van der Waals surface area (Å²) in [6.45, 7) is 1.23. The highest BCUT2D eigenvalue weighted by Gasteiger charge is 2.20. The Labute approximate surface area is 162 Å². The molecule has 0 aliphatic heterocycles. The Hall–Kier alpha value is -0.940. The van der Waals surface area contributed by atoms with Crippen molar-refractivity contribution < 1.29 is 9.47 Å². The number of hydrogen-bond acceptors (Lipinski definition) is 3. The third-order valence-corrected chi connectivity index (χ3v) is 4.75. The van der Waals surface area contributed by atoms with Crippen molar-refractivity contribution in [1.82, 2.24) is 5.32 Å². The fraction of sp³-hybridized carbons (Fsp3) is 0.333. The topological polar surface area (TPSA) is 30.5 Å². The molecular weight excluding hydrogens is 413 g/mol. The largest absolute Gasteiger partial charge is 0.493 e. The van der Waals surface area contributed by atoms with E-state index < -0.39 is 0 Å². The van der Waals surface area contributed by atoms with Crippen LogP contribution >= 0.6 is 39.9 Å². The van der Waals surface area contributed by atoms with Gasteiger partial charge in [-0.05, 0) is 52.5 Å². The Bertz CT molecular complexity index is 693. The maximum atomic E-state index is 6.17. The van der Waals surface area contributed by atoms with Crippen molar-refractivity contribution in [3.8, 4) is 11.5 Å². The number of nitrogens with one attached hydrogen (secondary N) is 1. The summed E-state index contributed by atoms with van der Waals surface area (Å²) in [6, 6.07) is 12.4. The normalized spacial score (nSPS) is 13.3. The molecule has 24 heavy (non-hydrogen) atoms. The van der Waals surface area contributed by atoms with Crippen molar-refractivity contribution in [2.75, 3.05) is 7.11 Å². The second-order valence-electron chi connectivity index (χ2n) is 5.64. The zero-order chi connectivity index (χ0) is 16.2. The molecule has 0 atom stereocenters. The molecule has 1 saturated carbocycles. The van der Waals surface area contributed by atoms with Crippen LogP contribution in [-0.2, 0) is 13.2 Å². The monoisotopic (exact) mass is 431 g/mol. The van der Waals surface area contributed by atoms with Gasteiger partial charge in [-0.2, -0.15) is 0 Å². The summed E-state index contributed by atoms with van der Waals surface area (Å²) in [5.41, 5.74) is 2.12. The fourth-order valence-corrected chi connectivity index (χ4v) is 3.12. The average molecular weight is 433 g/mol. The molecule has 2 aromatic carbocycles. The Morgan fingerprint density at radius 3 is 2.67 bits per heavy atom. The minimum atomic E-state index is 0. The van der Waals surface area contributed by atoms with E-state index in [0.29, 0.717) is 23.4 Å². The number of halogens is 3. The lowest BCUT2D eigenvalue weighted by Gasteiger charge is -2.15. The number of benzene rings is 2. The predicted molar refractivity (Wildman–Crippen MR) is 104 cm³/mol. The van der Waals surface area contributed by atoms with Crippen LogP contribution in [0.15, 0.2) is 40.9 Å². The van der Waals surface area contributed by atoms with Crippen molar-refractivity contribution in [3.05, 3.63) is 57.0 Å². The molecule has 3 nitrogen and oxygen atoms in total. The molecule has 6 heteroatoms. The minimum absolute atomic E-state index is 0. The molecule has 0 bridgehead atoms. The van der Waals surface area contributed by atoms with Gasteiger partial charge in [-0.25, -0.2) is 0 Å². The first-order valence-electron chi connectivity index (χ1n) is 7.63. The van der Waals surface area contributed by atoms with Gasteiger partial charge in [0.1, 0.15) is 6.61 Å². The molecule has 1 aliphatic rings. The Morgan fingerprint density at radius 1 is 1.25 bits per heavy atom. The molecule has 0 heterocycles. The molecule has 3 rings (SSSR count). The average Bonchev–Trinajstić information content (AvgIpc) is 3.37. The van der Waals surface area contributed by atoms with E-state index in [1.165, 1.54) is 18.4 Å². The molecule has 1 N–H and O–H groups in total. The SMILES string of the molecule is COc1cc(CNC2CC2)cc(Br)c1OCc1ccccc1Cl.Cl. The van der Waals surface area contributed by atoms with E-state index in [0.717, 1.165) is 22.3 Å². The van der Waals surface area contributed by atoms with Crippen molar-refractivity contribution in [1.29, 1.82) is 0 Å². The zero-order valence-corrected chi connectivity index (χ0v) is 16.5. The lowest BCUT2D eigenvalue weighted by molar-refractivity contribution is 0.282. The highest BCUT2D eigenvalue weighted by Crippen LogP contribution is 2.37. The molecule has 0 amide bonds. The van der Waals surface area contributed by atoms with Crippen LogP contribution < -0.4 is 14.8 Å². The van der Waals surface area contributed by atoms with Crippen LogP contribution in [0.3, 0.4) is 0 Å². The molecule has 1 aliphatic carbocycles. The van der Waals surface area contributed by atoms with Crippen LogP contribution in [0, 0.1) is 0 Å². The number of methoxy groups -OCH3 is 1. The van der Waals surface area contributed by atoms with Crippen molar-refractivity contribution in [2.24, 2.45) is 0 Å². The number of ether oxygens (including phenoxy) is 2. The van der Waals surface area contributed by atoms with Crippen LogP contribution in [0.25, 0.3) is 0 Å². The van der Waals surface area contributed by atoms with Crippen LogP contribution in [-0.4, -0.2) is 13.2 Å². The summed E-state index contributed by atoms with van der Waals surface area (Å²) in [5, 5.41) is 4.20. The van der Waals surface area contributed by atoms with E-state index in [4.69, 9.17) is 21.1 Å². The lowest BCUT2D eigenvalue weighted by atomic mass is 10.2. The van der Waals surface area contributed by atoms with Gasteiger partial charge in [-0.3, -0.25) is 0 Å². The highest BCUT2D eigenvalue weighted by molar-refractivity contribution is 9.10. The zero-order valence-electron chi connectivity index (χ0n) is 13.4. The summed E-state index contributed by atoms with van der Waals surface area (Å²) in [5.74, 6) is 1.42. The summed E-state index contributed by atoms with van der Waals surface area (Å²) in [6.07, 6.45) is 2.55. The first-order valence-corrected chi connectivity index (χ1v) is 8.80. The summed E-state index contributed by atoms with van der Waals surface area (Å²) >= 11 is 9.76. The highest BCUT2D eigenvalue weighted by atomic mass is 79.9. The quantitative estimate of drug-likeness (QED) is 0.638. The van der Waals surface area contributed by atoms with Crippen LogP contribution in [0.4, 0.5) is 0 Å². The smallest absolute Gasteiger partial charge is 0.175 e. The molecule has 0 unspecified atom stereocenters. The number of rotatable bonds is 7. The summed E-state index contributed by atoms with van der Waals surface area (Å²) < 4.78 is 12.3. The first-order chi connectivity index (χ1) is 11.2. The van der Waals surface area contributed by atoms with Gasteiger partial charge in [0, 0.05) is 23.2 Å². The second-order valence-corrected chi connectivity index (χ2v) is 6.91. The van der Waals surface area contributed by atoms with Crippen LogP contribution in [0.1, 0.15) is 24.0 Å². The summed E-state index contributed by atoms with van der Waals surface area (Å²) in [4.78, 5) is 0. The first kappa shape index (κ1) is 19.4. The van der Waals surface area contributed by atoms with Crippen molar-refractivity contribution in [3.63, 3.8) is 0 Å². The van der Waals surface area contributed by atoms with E-state index in [9.17, 15) is 0 Å². The van der Waals surface area contributed by atoms with Gasteiger partial charge in [0.15, 0.2) is 11.5 Å². The third kappa shape index (κ3) is 5.03. The Kier molecular flexibility index (Phi) is 7.23. The molecule has 0 saturated heterocycles. The second kappa shape index (κ2) is 8.95. The Morgan fingerprint density at radius 2 is 2.00 bits per heavy atom. The van der Waals surface area contributed by atoms with Gasteiger partial charge >= 0.3 is 0 Å². The standard InChI is InChI=1S/C18H19BrClNO2.ClH/c1-22-17-9-12(10-21-14-6-7-14)8-15(19)18(17)23-11-13-4-2-3-5-16(13)20;/h2-5,8-9,14,21H,6-7,10-11H2,1H3;1H. The van der Waals surface area contributed by atoms with Crippen molar-refractivity contribution in [2.45, 2.75) is 32.0 Å². The fourth-order valence-electron chi connectivity index (χ4n) is 2.33. The molecule has 1 fully saturated rings. The van der Waals surface area contributed by atoms with Crippen LogP contribution in [0.5, 0.6) is 11.5 Å². The minimum Gasteiger partial charge on any atom is -0.493 e. The molecule has 130 valence electrons. The molecular formula is C18H20BrCl2NO2. The van der Waals surface area contributed by atoms with Crippen LogP contribution in [0.2, 0.25) is 5.02 Å². The van der Waals surface area contributed by atoms with E-state index in [-0.39, 0.29) is 12.4 Å². The van der Waals surface area contributed by atoms with Crippen molar-refractivity contribution >= 4 is 39.9 Å². The molecule has 0 aromatic heterocycles. The van der Waals surface area contributed by atoms with Gasteiger partial charge in [-0.15, -0.1) is 12.4 Å². The number of hydrogen-bond donors (Lipinski definition) is 1. The molecule has 2 aromatic rings. The van der Waals surface area contributed by atoms with E-state index in [1.54, 1.807) is 7.11 Å². The molecule has 0 radical (unpaired) electrons. The van der Waals surface area contributed by atoms with Gasteiger partial charge in [0.05, 0.1) is 11.6 Å². The lowest BCUT2D eigenvalue weighted by Crippen LogP contribution is -2.15. The van der Waals surface area contributed by atoms with Gasteiger partial charge in [-0.1, -0.05) is 29.8 Å². The maximum Gasteiger partial charge on any atom is 0.175 e. The maximum absolute atomic E-state index is 6.17.